The topological polar surface area (TPSA) is 84.9 Å². The molecule has 0 radical (unpaired) electrons. The molecule has 0 aliphatic rings. The van der Waals surface area contributed by atoms with Gasteiger partial charge in [0, 0.05) is 11.6 Å². The molecule has 0 fully saturated rings. The third-order valence-electron chi connectivity index (χ3n) is 3.58. The van der Waals surface area contributed by atoms with E-state index in [9.17, 15) is 14.7 Å². The van der Waals surface area contributed by atoms with Gasteiger partial charge in [0.1, 0.15) is 17.0 Å². The van der Waals surface area contributed by atoms with Gasteiger partial charge >= 0.3 is 5.97 Å². The third kappa shape index (κ3) is 3.65. The summed E-state index contributed by atoms with van der Waals surface area (Å²) >= 11 is 0. The molecule has 0 unspecified atom stereocenters. The highest BCUT2D eigenvalue weighted by atomic mass is 16.5. The molecule has 21 heavy (non-hydrogen) atoms. The fraction of sp³-hybridized carbons (Fsp3) is 0.467. The molecular weight excluding hydrogens is 274 g/mol. The summed E-state index contributed by atoms with van der Waals surface area (Å²) in [6.07, 6.45) is 0.595. The van der Waals surface area contributed by atoms with Crippen LogP contribution in [0.4, 0.5) is 0 Å². The van der Waals surface area contributed by atoms with Gasteiger partial charge in [-0.25, -0.2) is 4.79 Å². The summed E-state index contributed by atoms with van der Waals surface area (Å²) < 4.78 is 10.2. The summed E-state index contributed by atoms with van der Waals surface area (Å²) in [4.78, 5) is 23.8. The molecule has 6 heteroatoms. The highest BCUT2D eigenvalue weighted by Crippen LogP contribution is 2.24. The first-order valence-corrected chi connectivity index (χ1v) is 6.71. The molecule has 1 rings (SSSR count). The molecule has 2 N–H and O–H groups in total. The number of nitrogens with one attached hydrogen (secondary N) is 1. The van der Waals surface area contributed by atoms with Crippen molar-refractivity contribution in [3.8, 4) is 11.5 Å². The molecule has 0 atom stereocenters. The predicted octanol–water partition coefficient (Wildman–Crippen LogP) is 2.08. The minimum atomic E-state index is -1.27. The molecule has 0 aliphatic carbocycles. The highest BCUT2D eigenvalue weighted by molar-refractivity contribution is 5.98. The van der Waals surface area contributed by atoms with Gasteiger partial charge in [0.15, 0.2) is 0 Å². The second-order valence-corrected chi connectivity index (χ2v) is 4.65. The maximum atomic E-state index is 12.3. The van der Waals surface area contributed by atoms with E-state index >= 15 is 0 Å². The Balaban J connectivity index is 3.10. The van der Waals surface area contributed by atoms with Crippen molar-refractivity contribution in [3.63, 3.8) is 0 Å². The van der Waals surface area contributed by atoms with Crippen LogP contribution in [0, 0.1) is 0 Å². The Kier molecular flexibility index (Phi) is 5.58. The summed E-state index contributed by atoms with van der Waals surface area (Å²) in [6, 6.07) is 4.71. The van der Waals surface area contributed by atoms with Gasteiger partial charge in [-0.1, -0.05) is 13.8 Å². The quantitative estimate of drug-likeness (QED) is 0.804. The molecular formula is C15H21NO5. The average molecular weight is 295 g/mol. The Morgan fingerprint density at radius 2 is 1.57 bits per heavy atom. The minimum absolute atomic E-state index is 0.290. The van der Waals surface area contributed by atoms with E-state index in [1.807, 2.05) is 0 Å². The maximum Gasteiger partial charge on any atom is 0.329 e. The van der Waals surface area contributed by atoms with Gasteiger partial charge in [-0.05, 0) is 25.0 Å². The van der Waals surface area contributed by atoms with Crippen LogP contribution in [0.3, 0.4) is 0 Å². The monoisotopic (exact) mass is 295 g/mol. The van der Waals surface area contributed by atoms with E-state index in [1.165, 1.54) is 26.4 Å². The van der Waals surface area contributed by atoms with Crippen molar-refractivity contribution in [3.05, 3.63) is 23.8 Å². The molecule has 6 nitrogen and oxygen atoms in total. The van der Waals surface area contributed by atoms with E-state index in [0.717, 1.165) is 0 Å². The standard InChI is InChI=1S/C15H21NO5/c1-5-15(6-2,14(18)19)16-13(17)10-7-11(20-3)9-12(8-10)21-4/h7-9H,5-6H2,1-4H3,(H,16,17)(H,18,19). The second-order valence-electron chi connectivity index (χ2n) is 4.65. The Hall–Kier alpha value is -2.24. The van der Waals surface area contributed by atoms with Gasteiger partial charge in [0.05, 0.1) is 14.2 Å². The van der Waals surface area contributed by atoms with Crippen molar-refractivity contribution in [2.45, 2.75) is 32.2 Å². The number of hydrogen-bond acceptors (Lipinski definition) is 4. The van der Waals surface area contributed by atoms with Crippen molar-refractivity contribution in [1.82, 2.24) is 5.32 Å². The van der Waals surface area contributed by atoms with E-state index in [1.54, 1.807) is 19.9 Å². The third-order valence-corrected chi connectivity index (χ3v) is 3.58. The first-order valence-electron chi connectivity index (χ1n) is 6.71. The number of carbonyl (C=O) groups excluding carboxylic acids is 1. The number of carboxylic acid groups (broad SMARTS) is 1. The van der Waals surface area contributed by atoms with Crippen LogP contribution in [0.25, 0.3) is 0 Å². The molecule has 116 valence electrons. The van der Waals surface area contributed by atoms with Crippen LogP contribution < -0.4 is 14.8 Å². The summed E-state index contributed by atoms with van der Waals surface area (Å²) in [5.74, 6) is -0.587. The van der Waals surface area contributed by atoms with Crippen LogP contribution in [0.5, 0.6) is 11.5 Å². The lowest BCUT2D eigenvalue weighted by Crippen LogP contribution is -2.53. The lowest BCUT2D eigenvalue weighted by molar-refractivity contribution is -0.144. The van der Waals surface area contributed by atoms with Crippen molar-refractivity contribution in [2.75, 3.05) is 14.2 Å². The molecule has 0 heterocycles. The number of ether oxygens (including phenoxy) is 2. The van der Waals surface area contributed by atoms with Gasteiger partial charge in [0.2, 0.25) is 0 Å². The fourth-order valence-electron chi connectivity index (χ4n) is 2.01. The second kappa shape index (κ2) is 6.97. The molecule has 0 spiro atoms. The maximum absolute atomic E-state index is 12.3. The van der Waals surface area contributed by atoms with Crippen LogP contribution in [-0.2, 0) is 4.79 Å². The molecule has 0 saturated heterocycles. The Labute approximate surface area is 124 Å². The number of aliphatic carboxylic acids is 1. The zero-order valence-corrected chi connectivity index (χ0v) is 12.7. The smallest absolute Gasteiger partial charge is 0.329 e. The Morgan fingerprint density at radius 3 is 1.90 bits per heavy atom. The fourth-order valence-corrected chi connectivity index (χ4v) is 2.01. The first-order chi connectivity index (χ1) is 9.92. The lowest BCUT2D eigenvalue weighted by atomic mass is 9.92. The van der Waals surface area contributed by atoms with Crippen LogP contribution in [-0.4, -0.2) is 36.7 Å². The number of carboxylic acids is 1. The van der Waals surface area contributed by atoms with Crippen LogP contribution >= 0.6 is 0 Å². The zero-order valence-electron chi connectivity index (χ0n) is 12.7. The van der Waals surface area contributed by atoms with Gasteiger partial charge in [-0.15, -0.1) is 0 Å². The first kappa shape index (κ1) is 16.8. The summed E-state index contributed by atoms with van der Waals surface area (Å²) in [6.45, 7) is 3.45. The summed E-state index contributed by atoms with van der Waals surface area (Å²) in [7, 11) is 2.96. The van der Waals surface area contributed by atoms with Gasteiger partial charge in [0.25, 0.3) is 5.91 Å². The molecule has 1 aromatic carbocycles. The SMILES string of the molecule is CCC(CC)(NC(=O)c1cc(OC)cc(OC)c1)C(=O)O. The number of carbonyl (C=O) groups is 2. The van der Waals surface area contributed by atoms with E-state index in [4.69, 9.17) is 9.47 Å². The summed E-state index contributed by atoms with van der Waals surface area (Å²) in [5.41, 5.74) is -0.980. The molecule has 0 aliphatic heterocycles. The van der Waals surface area contributed by atoms with Crippen LogP contribution in [0.1, 0.15) is 37.0 Å². The molecule has 0 bridgehead atoms. The van der Waals surface area contributed by atoms with E-state index in [2.05, 4.69) is 5.32 Å². The minimum Gasteiger partial charge on any atom is -0.497 e. The average Bonchev–Trinajstić information content (AvgIpc) is 2.51. The molecule has 0 saturated carbocycles. The van der Waals surface area contributed by atoms with Crippen molar-refractivity contribution >= 4 is 11.9 Å². The van der Waals surface area contributed by atoms with Gasteiger partial charge in [-0.3, -0.25) is 4.79 Å². The van der Waals surface area contributed by atoms with Gasteiger partial charge < -0.3 is 19.9 Å². The molecule has 0 aromatic heterocycles. The van der Waals surface area contributed by atoms with Crippen molar-refractivity contribution in [2.24, 2.45) is 0 Å². The van der Waals surface area contributed by atoms with E-state index in [0.29, 0.717) is 29.9 Å². The molecule has 1 amide bonds. The van der Waals surface area contributed by atoms with Crippen LogP contribution in [0.15, 0.2) is 18.2 Å². The van der Waals surface area contributed by atoms with Crippen molar-refractivity contribution < 1.29 is 24.2 Å². The van der Waals surface area contributed by atoms with E-state index in [-0.39, 0.29) is 0 Å². The number of rotatable bonds is 7. The van der Waals surface area contributed by atoms with Crippen LogP contribution in [0.2, 0.25) is 0 Å². The summed E-state index contributed by atoms with van der Waals surface area (Å²) in [5, 5.41) is 12.0. The van der Waals surface area contributed by atoms with Crippen molar-refractivity contribution in [1.29, 1.82) is 0 Å². The number of hydrogen-bond donors (Lipinski definition) is 2. The lowest BCUT2D eigenvalue weighted by Gasteiger charge is -2.28. The zero-order chi connectivity index (χ0) is 16.0. The number of benzene rings is 1. The number of amides is 1. The van der Waals surface area contributed by atoms with E-state index < -0.39 is 17.4 Å². The Bertz CT molecular complexity index is 501. The predicted molar refractivity (Wildman–Crippen MR) is 78.0 cm³/mol. The largest absolute Gasteiger partial charge is 0.497 e. The normalized spacial score (nSPS) is 10.9. The highest BCUT2D eigenvalue weighted by Gasteiger charge is 2.36. The molecule has 1 aromatic rings. The Morgan fingerprint density at radius 1 is 1.10 bits per heavy atom. The number of methoxy groups -OCH3 is 2. The van der Waals surface area contributed by atoms with Gasteiger partial charge in [-0.2, -0.15) is 0 Å².